The fourth-order valence-electron chi connectivity index (χ4n) is 1.20. The minimum Gasteiger partial charge on any atom is -0.344 e. The van der Waals surface area contributed by atoms with Crippen molar-refractivity contribution >= 4 is 12.0 Å². The number of aromatic nitrogens is 2. The molecule has 0 aliphatic heterocycles. The summed E-state index contributed by atoms with van der Waals surface area (Å²) in [6.45, 7) is 6.95. The van der Waals surface area contributed by atoms with Gasteiger partial charge in [0.15, 0.2) is 5.82 Å². The molecule has 0 saturated heterocycles. The third-order valence-corrected chi connectivity index (χ3v) is 1.80. The molecular weight excluding hydrogens is 194 g/mol. The third-order valence-electron chi connectivity index (χ3n) is 1.80. The summed E-state index contributed by atoms with van der Waals surface area (Å²) in [6.07, 6.45) is 3.52. The van der Waals surface area contributed by atoms with Gasteiger partial charge >= 0.3 is 0 Å². The zero-order chi connectivity index (χ0) is 11.5. The lowest BCUT2D eigenvalue weighted by Gasteiger charge is -2.20. The lowest BCUT2D eigenvalue weighted by atomic mass is 10.1. The van der Waals surface area contributed by atoms with Crippen molar-refractivity contribution in [2.45, 2.75) is 33.2 Å². The summed E-state index contributed by atoms with van der Waals surface area (Å²) in [5, 5.41) is 6.55. The first-order valence-electron chi connectivity index (χ1n) is 4.71. The number of nitrogens with one attached hydrogen (secondary N) is 1. The Morgan fingerprint density at radius 3 is 2.73 bits per heavy atom. The highest BCUT2D eigenvalue weighted by Crippen LogP contribution is 2.16. The molecular formula is C10H15N3O2. The predicted octanol–water partition coefficient (Wildman–Crippen LogP) is 1.47. The summed E-state index contributed by atoms with van der Waals surface area (Å²) in [4.78, 5) is 15.1. The first-order chi connectivity index (χ1) is 6.95. The normalized spacial score (nSPS) is 12.0. The van der Waals surface area contributed by atoms with Crippen LogP contribution in [0.25, 0.3) is 6.08 Å². The van der Waals surface area contributed by atoms with Gasteiger partial charge in [0.05, 0.1) is 5.54 Å². The van der Waals surface area contributed by atoms with E-state index in [4.69, 9.17) is 4.52 Å². The maximum absolute atomic E-state index is 11.0. The van der Waals surface area contributed by atoms with Crippen LogP contribution in [0.3, 0.4) is 0 Å². The summed E-state index contributed by atoms with van der Waals surface area (Å²) in [5.41, 5.74) is -0.616. The fraction of sp³-hybridized carbons (Fsp3) is 0.500. The Bertz CT molecular complexity index is 380. The molecule has 1 amide bonds. The van der Waals surface area contributed by atoms with Gasteiger partial charge in [-0.2, -0.15) is 4.98 Å². The molecule has 1 aromatic rings. The standard InChI is InChI=1S/C10H15N3O2/c1-5-6-8-11-9(13-15-8)10(3,4)12-7(2)14/h5-6H,1-4H3,(H,12,14). The van der Waals surface area contributed by atoms with Crippen molar-refractivity contribution in [2.75, 3.05) is 0 Å². The summed E-state index contributed by atoms with van der Waals surface area (Å²) in [7, 11) is 0. The van der Waals surface area contributed by atoms with Crippen LogP contribution in [0.15, 0.2) is 10.6 Å². The molecule has 0 aliphatic rings. The third kappa shape index (κ3) is 2.90. The zero-order valence-electron chi connectivity index (χ0n) is 9.37. The Morgan fingerprint density at radius 1 is 1.53 bits per heavy atom. The quantitative estimate of drug-likeness (QED) is 0.818. The van der Waals surface area contributed by atoms with E-state index in [0.29, 0.717) is 11.7 Å². The lowest BCUT2D eigenvalue weighted by molar-refractivity contribution is -0.120. The second-order valence-electron chi connectivity index (χ2n) is 3.76. The van der Waals surface area contributed by atoms with Crippen LogP contribution in [0, 0.1) is 0 Å². The molecule has 5 nitrogen and oxygen atoms in total. The smallest absolute Gasteiger partial charge is 0.250 e. The first-order valence-corrected chi connectivity index (χ1v) is 4.71. The Balaban J connectivity index is 2.89. The van der Waals surface area contributed by atoms with E-state index in [-0.39, 0.29) is 5.91 Å². The van der Waals surface area contributed by atoms with E-state index in [1.807, 2.05) is 26.8 Å². The molecule has 1 rings (SSSR count). The molecule has 5 heteroatoms. The number of nitrogens with zero attached hydrogens (tertiary/aromatic N) is 2. The molecule has 15 heavy (non-hydrogen) atoms. The monoisotopic (exact) mass is 209 g/mol. The molecule has 0 atom stereocenters. The number of amides is 1. The van der Waals surface area contributed by atoms with Gasteiger partial charge in [-0.05, 0) is 26.8 Å². The van der Waals surface area contributed by atoms with E-state index in [1.54, 1.807) is 6.08 Å². The van der Waals surface area contributed by atoms with Gasteiger partial charge in [0.1, 0.15) is 0 Å². The van der Waals surface area contributed by atoms with Crippen LogP contribution in [-0.4, -0.2) is 16.0 Å². The Morgan fingerprint density at radius 2 is 2.20 bits per heavy atom. The van der Waals surface area contributed by atoms with E-state index in [0.717, 1.165) is 0 Å². The van der Waals surface area contributed by atoms with Crippen LogP contribution < -0.4 is 5.32 Å². The predicted molar refractivity (Wildman–Crippen MR) is 55.8 cm³/mol. The van der Waals surface area contributed by atoms with Gasteiger partial charge in [0.25, 0.3) is 0 Å². The molecule has 82 valence electrons. The van der Waals surface area contributed by atoms with Gasteiger partial charge in [-0.15, -0.1) is 0 Å². The van der Waals surface area contributed by atoms with Gasteiger partial charge in [-0.3, -0.25) is 4.79 Å². The number of hydrogen-bond donors (Lipinski definition) is 1. The first kappa shape index (κ1) is 11.4. The van der Waals surface area contributed by atoms with Gasteiger partial charge < -0.3 is 9.84 Å². The molecule has 0 unspecified atom stereocenters. The van der Waals surface area contributed by atoms with Crippen molar-refractivity contribution in [1.29, 1.82) is 0 Å². The van der Waals surface area contributed by atoms with E-state index >= 15 is 0 Å². The van der Waals surface area contributed by atoms with E-state index in [1.165, 1.54) is 6.92 Å². The van der Waals surface area contributed by atoms with Gasteiger partial charge in [0.2, 0.25) is 11.8 Å². The van der Waals surface area contributed by atoms with Crippen molar-refractivity contribution in [3.05, 3.63) is 17.8 Å². The SMILES string of the molecule is CC=Cc1nc(C(C)(C)NC(C)=O)no1. The minimum atomic E-state index is -0.616. The maximum Gasteiger partial charge on any atom is 0.250 e. The molecule has 0 fully saturated rings. The van der Waals surface area contributed by atoms with Crippen molar-refractivity contribution in [3.63, 3.8) is 0 Å². The zero-order valence-corrected chi connectivity index (χ0v) is 9.37. The Kier molecular flexibility index (Phi) is 3.24. The summed E-state index contributed by atoms with van der Waals surface area (Å²) in [6, 6.07) is 0. The van der Waals surface area contributed by atoms with Gasteiger partial charge in [0, 0.05) is 6.92 Å². The Hall–Kier alpha value is -1.65. The number of carbonyl (C=O) groups excluding carboxylic acids is 1. The van der Waals surface area contributed by atoms with Gasteiger partial charge in [-0.1, -0.05) is 11.2 Å². The van der Waals surface area contributed by atoms with Gasteiger partial charge in [-0.25, -0.2) is 0 Å². The fourth-order valence-corrected chi connectivity index (χ4v) is 1.20. The van der Waals surface area contributed by atoms with Crippen LogP contribution >= 0.6 is 0 Å². The largest absolute Gasteiger partial charge is 0.344 e. The van der Waals surface area contributed by atoms with Crippen LogP contribution in [-0.2, 0) is 10.3 Å². The molecule has 0 aromatic carbocycles. The number of hydrogen-bond acceptors (Lipinski definition) is 4. The highest BCUT2D eigenvalue weighted by molar-refractivity contribution is 5.73. The van der Waals surface area contributed by atoms with Crippen molar-refractivity contribution in [2.24, 2.45) is 0 Å². The van der Waals surface area contributed by atoms with E-state index < -0.39 is 5.54 Å². The lowest BCUT2D eigenvalue weighted by Crippen LogP contribution is -2.40. The molecule has 1 aromatic heterocycles. The summed E-state index contributed by atoms with van der Waals surface area (Å²) in [5.74, 6) is 0.772. The minimum absolute atomic E-state index is 0.127. The van der Waals surface area contributed by atoms with Crippen LogP contribution in [0.1, 0.15) is 39.4 Å². The average Bonchev–Trinajstić information content (AvgIpc) is 2.51. The topological polar surface area (TPSA) is 68.0 Å². The Labute approximate surface area is 88.6 Å². The van der Waals surface area contributed by atoms with Crippen molar-refractivity contribution < 1.29 is 9.32 Å². The van der Waals surface area contributed by atoms with E-state index in [9.17, 15) is 4.79 Å². The van der Waals surface area contributed by atoms with Crippen LogP contribution in [0.4, 0.5) is 0 Å². The molecule has 1 N–H and O–H groups in total. The number of allylic oxidation sites excluding steroid dienone is 1. The van der Waals surface area contributed by atoms with Crippen LogP contribution in [0.5, 0.6) is 0 Å². The molecule has 0 bridgehead atoms. The van der Waals surface area contributed by atoms with Crippen molar-refractivity contribution in [3.8, 4) is 0 Å². The molecule has 0 aliphatic carbocycles. The highest BCUT2D eigenvalue weighted by atomic mass is 16.5. The second-order valence-corrected chi connectivity index (χ2v) is 3.76. The summed E-state index contributed by atoms with van der Waals surface area (Å²) >= 11 is 0. The number of carbonyl (C=O) groups is 1. The molecule has 0 saturated carbocycles. The number of rotatable bonds is 3. The second kappa shape index (κ2) is 4.25. The van der Waals surface area contributed by atoms with E-state index in [2.05, 4.69) is 15.5 Å². The maximum atomic E-state index is 11.0. The molecule has 1 heterocycles. The average molecular weight is 209 g/mol. The molecule has 0 radical (unpaired) electrons. The summed E-state index contributed by atoms with van der Waals surface area (Å²) < 4.78 is 4.97. The molecule has 0 spiro atoms. The van der Waals surface area contributed by atoms with Crippen molar-refractivity contribution in [1.82, 2.24) is 15.5 Å². The van der Waals surface area contributed by atoms with Crippen LogP contribution in [0.2, 0.25) is 0 Å². The highest BCUT2D eigenvalue weighted by Gasteiger charge is 2.26.